The van der Waals surface area contributed by atoms with E-state index in [2.05, 4.69) is 44.2 Å². The number of aromatic hydroxyl groups is 1. The highest BCUT2D eigenvalue weighted by atomic mass is 16.3. The van der Waals surface area contributed by atoms with Crippen LogP contribution in [-0.4, -0.2) is 85.0 Å². The molecule has 0 bridgehead atoms. The Balaban J connectivity index is 1.40. The van der Waals surface area contributed by atoms with Crippen molar-refractivity contribution in [3.05, 3.63) is 114 Å². The van der Waals surface area contributed by atoms with Gasteiger partial charge < -0.3 is 24.8 Å². The fourth-order valence-corrected chi connectivity index (χ4v) is 7.54. The van der Waals surface area contributed by atoms with Crippen molar-refractivity contribution in [3.8, 4) is 5.75 Å². The maximum atomic E-state index is 14.7. The van der Waals surface area contributed by atoms with Gasteiger partial charge in [-0.25, -0.2) is 14.8 Å². The van der Waals surface area contributed by atoms with Gasteiger partial charge in [0.15, 0.2) is 5.78 Å². The first-order valence-electron chi connectivity index (χ1n) is 18.4. The molecule has 3 heterocycles. The molecule has 53 heavy (non-hydrogen) atoms. The van der Waals surface area contributed by atoms with Gasteiger partial charge in [0.05, 0.1) is 18.6 Å². The summed E-state index contributed by atoms with van der Waals surface area (Å²) in [6, 6.07) is 20.8. The summed E-state index contributed by atoms with van der Waals surface area (Å²) in [6.07, 6.45) is 4.25. The number of nitrogens with one attached hydrogen (secondary N) is 1. The molecule has 4 aromatic rings. The van der Waals surface area contributed by atoms with Crippen molar-refractivity contribution in [2.45, 2.75) is 78.8 Å². The van der Waals surface area contributed by atoms with Crippen LogP contribution in [0.15, 0.2) is 91.6 Å². The number of amides is 4. The highest BCUT2D eigenvalue weighted by Crippen LogP contribution is 2.33. The summed E-state index contributed by atoms with van der Waals surface area (Å²) >= 11 is 0. The van der Waals surface area contributed by atoms with Gasteiger partial charge in [-0.3, -0.25) is 14.4 Å². The van der Waals surface area contributed by atoms with Crippen molar-refractivity contribution < 1.29 is 24.3 Å². The first kappa shape index (κ1) is 37.3. The number of nitrogens with zero attached hydrogens (tertiary/aromatic N) is 5. The van der Waals surface area contributed by atoms with Crippen LogP contribution in [0.5, 0.6) is 5.75 Å². The normalized spacial score (nSPS) is 18.0. The first-order chi connectivity index (χ1) is 25.4. The summed E-state index contributed by atoms with van der Waals surface area (Å²) in [5.74, 6) is -0.323. The van der Waals surface area contributed by atoms with Crippen molar-refractivity contribution in [1.82, 2.24) is 29.7 Å². The number of phenols is 1. The summed E-state index contributed by atoms with van der Waals surface area (Å²) < 4.78 is 2.12. The molecular weight excluding hydrogens is 668 g/mol. The molecule has 1 aromatic heterocycles. The van der Waals surface area contributed by atoms with Gasteiger partial charge in [0, 0.05) is 56.2 Å². The molecule has 4 amide bonds. The molecule has 0 spiro atoms. The lowest BCUT2D eigenvalue weighted by atomic mass is 9.87. The molecule has 2 atom stereocenters. The van der Waals surface area contributed by atoms with Crippen molar-refractivity contribution in [3.63, 3.8) is 0 Å². The van der Waals surface area contributed by atoms with Gasteiger partial charge in [-0.2, -0.15) is 0 Å². The maximum Gasteiger partial charge on any atom is 0.334 e. The van der Waals surface area contributed by atoms with E-state index in [1.54, 1.807) is 50.2 Å². The molecule has 0 saturated carbocycles. The van der Waals surface area contributed by atoms with E-state index >= 15 is 0 Å². The fraction of sp³-hybridized carbons (Fsp3) is 0.381. The maximum absolute atomic E-state index is 14.7. The molecule has 278 valence electrons. The lowest BCUT2D eigenvalue weighted by Crippen LogP contribution is -2.76. The van der Waals surface area contributed by atoms with Gasteiger partial charge >= 0.3 is 6.03 Å². The second-order valence-electron chi connectivity index (χ2n) is 15.2. The van der Waals surface area contributed by atoms with Gasteiger partial charge in [-0.05, 0) is 40.7 Å². The van der Waals surface area contributed by atoms with Crippen molar-refractivity contribution in [2.75, 3.05) is 19.6 Å². The largest absolute Gasteiger partial charge is 0.508 e. The lowest BCUT2D eigenvalue weighted by Gasteiger charge is -2.55. The molecule has 2 aliphatic heterocycles. The zero-order chi connectivity index (χ0) is 37.9. The highest BCUT2D eigenvalue weighted by molar-refractivity contribution is 6.09. The number of carbonyl (C=O) groups is 4. The molecule has 6 rings (SSSR count). The molecule has 2 unspecified atom stereocenters. The number of carbonyl (C=O) groups excluding carboxylic acids is 4. The summed E-state index contributed by atoms with van der Waals surface area (Å²) in [5, 5.41) is 17.1. The van der Waals surface area contributed by atoms with E-state index in [0.29, 0.717) is 18.5 Å². The second-order valence-corrected chi connectivity index (χ2v) is 15.2. The van der Waals surface area contributed by atoms with E-state index in [0.717, 1.165) is 34.0 Å². The van der Waals surface area contributed by atoms with Gasteiger partial charge in [0.2, 0.25) is 11.8 Å². The van der Waals surface area contributed by atoms with Crippen LogP contribution in [0.3, 0.4) is 0 Å². The zero-order valence-electron chi connectivity index (χ0n) is 31.1. The van der Waals surface area contributed by atoms with E-state index < -0.39 is 18.2 Å². The molecule has 2 aliphatic rings. The number of aryl methyl sites for hydroxylation is 1. The average molecular weight is 719 g/mol. The number of piperazine rings is 1. The molecular formula is C42H50N6O5. The Hall–Kier alpha value is -5.42. The topological polar surface area (TPSA) is 118 Å². The highest BCUT2D eigenvalue weighted by Gasteiger charge is 2.51. The number of ketones is 1. The number of urea groups is 1. The van der Waals surface area contributed by atoms with Crippen molar-refractivity contribution in [2.24, 2.45) is 5.41 Å². The molecule has 11 heteroatoms. The second kappa shape index (κ2) is 15.7. The van der Waals surface area contributed by atoms with Crippen LogP contribution in [-0.2, 0) is 35.6 Å². The smallest absolute Gasteiger partial charge is 0.334 e. The van der Waals surface area contributed by atoms with Crippen LogP contribution >= 0.6 is 0 Å². The average Bonchev–Trinajstić information content (AvgIpc) is 3.49. The summed E-state index contributed by atoms with van der Waals surface area (Å²) in [7, 11) is 0. The van der Waals surface area contributed by atoms with E-state index in [1.165, 1.54) is 0 Å². The van der Waals surface area contributed by atoms with Crippen LogP contribution in [0.2, 0.25) is 0 Å². The van der Waals surface area contributed by atoms with Crippen LogP contribution < -0.4 is 5.32 Å². The molecule has 11 nitrogen and oxygen atoms in total. The number of rotatable bonds is 12. The Morgan fingerprint density at radius 2 is 1.72 bits per heavy atom. The van der Waals surface area contributed by atoms with Crippen molar-refractivity contribution in [1.29, 1.82) is 0 Å². The molecule has 2 saturated heterocycles. The molecule has 2 fully saturated rings. The van der Waals surface area contributed by atoms with Gasteiger partial charge in [-0.1, -0.05) is 94.4 Å². The number of para-hydroxylation sites is 1. The van der Waals surface area contributed by atoms with Crippen LogP contribution in [0, 0.1) is 5.41 Å². The van der Waals surface area contributed by atoms with Crippen LogP contribution in [0.4, 0.5) is 4.79 Å². The summed E-state index contributed by atoms with van der Waals surface area (Å²) in [5.41, 5.74) is 3.97. The van der Waals surface area contributed by atoms with Gasteiger partial charge in [0.1, 0.15) is 18.0 Å². The Kier molecular flexibility index (Phi) is 11.0. The monoisotopic (exact) mass is 718 g/mol. The number of fused-ring (bicyclic) bond motifs is 2. The van der Waals surface area contributed by atoms with E-state index in [-0.39, 0.29) is 67.9 Å². The lowest BCUT2D eigenvalue weighted by molar-refractivity contribution is -0.189. The minimum absolute atomic E-state index is 0.0732. The molecule has 0 radical (unpaired) electrons. The minimum atomic E-state index is -0.911. The Labute approximate surface area is 311 Å². The number of hydrogen-bond donors (Lipinski definition) is 2. The Bertz CT molecular complexity index is 1980. The first-order valence-corrected chi connectivity index (χ1v) is 18.4. The zero-order valence-corrected chi connectivity index (χ0v) is 31.1. The molecule has 3 aromatic carbocycles. The van der Waals surface area contributed by atoms with Crippen LogP contribution in [0.1, 0.15) is 67.6 Å². The summed E-state index contributed by atoms with van der Waals surface area (Å²) in [6.45, 7) is 13.6. The van der Waals surface area contributed by atoms with Gasteiger partial charge in [0.25, 0.3) is 0 Å². The third-order valence-electron chi connectivity index (χ3n) is 9.83. The molecule has 2 N–H and O–H groups in total. The SMILES string of the molecule is C=CCN1CC(=O)N2C(Cc3ccc(O)cc3)C(=O)N(Cc3cccc4c(C(=O)CC(C)(C)C)cn(CCC)c34)CC2N1C(=O)NCc1ccccc1. The van der Waals surface area contributed by atoms with Crippen molar-refractivity contribution >= 4 is 34.5 Å². The summed E-state index contributed by atoms with van der Waals surface area (Å²) in [4.78, 5) is 59.8. The van der Waals surface area contributed by atoms with Crippen LogP contribution in [0.25, 0.3) is 10.9 Å². The fourth-order valence-electron chi connectivity index (χ4n) is 7.54. The number of Topliss-reactive ketones (excluding diaryl/α,β-unsaturated/α-hetero) is 1. The third-order valence-corrected chi connectivity index (χ3v) is 9.83. The number of hydrogen-bond acceptors (Lipinski definition) is 6. The predicted molar refractivity (Wildman–Crippen MR) is 205 cm³/mol. The number of benzene rings is 3. The molecule has 0 aliphatic carbocycles. The Morgan fingerprint density at radius 1 is 0.981 bits per heavy atom. The predicted octanol–water partition coefficient (Wildman–Crippen LogP) is 6.11. The standard InChI is InChI=1S/C42H50N6O5/c1-6-20-44-26-34(36(50)23-42(3,4)5)33-15-11-14-31(39(33)44)25-45-27-37-47(35(40(45)52)22-29-16-18-32(49)19-17-29)38(51)28-46(21-7-2)48(37)41(53)43-24-30-12-9-8-10-13-30/h7-19,26,35,37,49H,2,6,20-25,27-28H2,1,3-5H3,(H,43,53). The minimum Gasteiger partial charge on any atom is -0.508 e. The number of hydrazine groups is 1. The third kappa shape index (κ3) is 8.15. The quantitative estimate of drug-likeness (QED) is 0.135. The van der Waals surface area contributed by atoms with Gasteiger partial charge in [-0.15, -0.1) is 6.58 Å². The van der Waals surface area contributed by atoms with E-state index in [1.807, 2.05) is 54.7 Å². The van der Waals surface area contributed by atoms with E-state index in [9.17, 15) is 24.3 Å². The number of aromatic nitrogens is 1. The van der Waals surface area contributed by atoms with E-state index in [4.69, 9.17) is 0 Å². The number of phenolic OH excluding ortho intramolecular Hbond substituents is 1. The Morgan fingerprint density at radius 3 is 2.40 bits per heavy atom.